The number of rotatable bonds is 4. The first-order chi connectivity index (χ1) is 14.5. The molecule has 2 heterocycles. The molecular formula is C20H14ClN4O4P. The lowest BCUT2D eigenvalue weighted by atomic mass is 10.3. The van der Waals surface area contributed by atoms with E-state index < -0.39 is 12.6 Å². The van der Waals surface area contributed by atoms with Crippen LogP contribution in [0.25, 0.3) is 11.0 Å². The predicted octanol–water partition coefficient (Wildman–Crippen LogP) is 5.65. The highest BCUT2D eigenvalue weighted by atomic mass is 35.5. The number of nitro groups is 1. The molecule has 1 aliphatic heterocycles. The van der Waals surface area contributed by atoms with E-state index in [4.69, 9.17) is 16.1 Å². The van der Waals surface area contributed by atoms with Gasteiger partial charge in [-0.2, -0.15) is 0 Å². The molecule has 5 rings (SSSR count). The third kappa shape index (κ3) is 2.84. The molecule has 0 N–H and O–H groups in total. The van der Waals surface area contributed by atoms with Gasteiger partial charge in [-0.1, -0.05) is 35.9 Å². The number of nitro benzene ring substituents is 1. The molecule has 1 unspecified atom stereocenters. The minimum atomic E-state index is -3.74. The van der Waals surface area contributed by atoms with Gasteiger partial charge in [-0.3, -0.25) is 14.8 Å². The van der Waals surface area contributed by atoms with E-state index in [0.717, 1.165) is 0 Å². The van der Waals surface area contributed by atoms with Crippen LogP contribution in [0.3, 0.4) is 0 Å². The Labute approximate surface area is 176 Å². The largest absolute Gasteiger partial charge is 0.455 e. The van der Waals surface area contributed by atoms with Gasteiger partial charge in [-0.05, 0) is 36.4 Å². The Morgan fingerprint density at radius 2 is 1.73 bits per heavy atom. The summed E-state index contributed by atoms with van der Waals surface area (Å²) >= 11 is 6.40. The summed E-state index contributed by atoms with van der Waals surface area (Å²) in [5, 5.41) is 11.4. The topological polar surface area (TPSA) is 90.5 Å². The average Bonchev–Trinajstić information content (AvgIpc) is 3.24. The second-order valence-corrected chi connectivity index (χ2v) is 9.12. The zero-order valence-electron chi connectivity index (χ0n) is 15.4. The lowest BCUT2D eigenvalue weighted by Gasteiger charge is -2.27. The summed E-state index contributed by atoms with van der Waals surface area (Å²) in [6, 6.07) is 19.9. The number of anilines is 1. The van der Waals surface area contributed by atoms with Gasteiger partial charge in [0, 0.05) is 12.1 Å². The van der Waals surface area contributed by atoms with Crippen LogP contribution in [-0.2, 0) is 11.1 Å². The van der Waals surface area contributed by atoms with Gasteiger partial charge in [0.15, 0.2) is 0 Å². The third-order valence-electron chi connectivity index (χ3n) is 4.86. The van der Waals surface area contributed by atoms with Gasteiger partial charge in [0.1, 0.15) is 11.6 Å². The molecule has 8 nitrogen and oxygen atoms in total. The molecule has 150 valence electrons. The number of fused-ring (bicyclic) bond motifs is 3. The van der Waals surface area contributed by atoms with Crippen molar-refractivity contribution in [3.63, 3.8) is 0 Å². The van der Waals surface area contributed by atoms with Gasteiger partial charge < -0.3 is 4.52 Å². The molecule has 4 aromatic rings. The maximum absolute atomic E-state index is 14.4. The van der Waals surface area contributed by atoms with E-state index in [9.17, 15) is 14.7 Å². The van der Waals surface area contributed by atoms with Crippen molar-refractivity contribution >= 4 is 41.7 Å². The number of benzene rings is 3. The second kappa shape index (κ2) is 6.86. The van der Waals surface area contributed by atoms with Crippen molar-refractivity contribution in [3.8, 4) is 5.75 Å². The van der Waals surface area contributed by atoms with Crippen LogP contribution in [-0.4, -0.2) is 14.2 Å². The average molecular weight is 441 g/mol. The molecule has 0 bridgehead atoms. The number of imidazole rings is 1. The number of para-hydroxylation sites is 3. The minimum Gasteiger partial charge on any atom is -0.414 e. The Kier molecular flexibility index (Phi) is 4.27. The van der Waals surface area contributed by atoms with Crippen LogP contribution in [0.4, 0.5) is 11.4 Å². The number of halogens is 1. The molecule has 0 fully saturated rings. The Bertz CT molecular complexity index is 1340. The monoisotopic (exact) mass is 440 g/mol. The molecule has 10 heteroatoms. The molecule has 0 aliphatic carbocycles. The van der Waals surface area contributed by atoms with Gasteiger partial charge in [0.25, 0.3) is 5.69 Å². The number of hydrogen-bond donors (Lipinski definition) is 0. The van der Waals surface area contributed by atoms with Crippen LogP contribution in [0.5, 0.6) is 5.75 Å². The fourth-order valence-electron chi connectivity index (χ4n) is 3.52. The Balaban J connectivity index is 1.67. The van der Waals surface area contributed by atoms with Crippen LogP contribution in [0.1, 0.15) is 5.82 Å². The van der Waals surface area contributed by atoms with Gasteiger partial charge in [0.05, 0.1) is 33.2 Å². The van der Waals surface area contributed by atoms with Crippen LogP contribution in [0.2, 0.25) is 5.02 Å². The first kappa shape index (κ1) is 18.7. The summed E-state index contributed by atoms with van der Waals surface area (Å²) in [4.78, 5) is 15.1. The summed E-state index contributed by atoms with van der Waals surface area (Å²) in [6.07, 6.45) is 0. The smallest absolute Gasteiger partial charge is 0.414 e. The first-order valence-corrected chi connectivity index (χ1v) is 10.9. The molecule has 3 aromatic carbocycles. The standard InChI is InChI=1S/C20H14ClN4O4P/c21-16-5-1-3-7-18(16)23-13-20-22-17-6-2-4-8-19(17)24(20)30(23,28)29-15-11-9-14(10-12-15)25(26)27/h1-12H,13H2. The molecule has 0 radical (unpaired) electrons. The Morgan fingerprint density at radius 1 is 1.03 bits per heavy atom. The van der Waals surface area contributed by atoms with E-state index >= 15 is 0 Å². The van der Waals surface area contributed by atoms with E-state index in [0.29, 0.717) is 27.6 Å². The number of non-ortho nitro benzene ring substituents is 1. The van der Waals surface area contributed by atoms with Crippen LogP contribution < -0.4 is 9.19 Å². The quantitative estimate of drug-likeness (QED) is 0.231. The highest BCUT2D eigenvalue weighted by Gasteiger charge is 2.46. The lowest BCUT2D eigenvalue weighted by Crippen LogP contribution is -2.19. The molecular weight excluding hydrogens is 427 g/mol. The number of aromatic nitrogens is 2. The SMILES string of the molecule is O=[N+]([O-])c1ccc(OP2(=O)N(c3ccccc3Cl)Cc3nc4ccccc4n32)cc1. The second-order valence-electron chi connectivity index (χ2n) is 6.67. The van der Waals surface area contributed by atoms with Crippen LogP contribution in [0, 0.1) is 10.1 Å². The molecule has 0 saturated carbocycles. The maximum atomic E-state index is 14.4. The van der Waals surface area contributed by atoms with Crippen molar-refractivity contribution in [2.24, 2.45) is 0 Å². The molecule has 1 aliphatic rings. The molecule has 30 heavy (non-hydrogen) atoms. The van der Waals surface area contributed by atoms with Crippen molar-refractivity contribution < 1.29 is 14.0 Å². The third-order valence-corrected chi connectivity index (χ3v) is 7.54. The maximum Gasteiger partial charge on any atom is 0.455 e. The summed E-state index contributed by atoms with van der Waals surface area (Å²) in [6.45, 7) is 0.239. The molecule has 1 aromatic heterocycles. The summed E-state index contributed by atoms with van der Waals surface area (Å²) in [5.74, 6) is 0.827. The van der Waals surface area contributed by atoms with Crippen molar-refractivity contribution in [3.05, 3.63) is 93.8 Å². The zero-order valence-corrected chi connectivity index (χ0v) is 17.0. The fraction of sp³-hybridized carbons (Fsp3) is 0.0500. The summed E-state index contributed by atoms with van der Waals surface area (Å²) in [5.41, 5.74) is 1.86. The summed E-state index contributed by atoms with van der Waals surface area (Å²) in [7, 11) is -3.74. The highest BCUT2D eigenvalue weighted by Crippen LogP contribution is 2.61. The van der Waals surface area contributed by atoms with E-state index in [1.807, 2.05) is 24.3 Å². The van der Waals surface area contributed by atoms with Crippen molar-refractivity contribution in [2.45, 2.75) is 6.54 Å². The van der Waals surface area contributed by atoms with Crippen LogP contribution >= 0.6 is 19.3 Å². The van der Waals surface area contributed by atoms with E-state index in [2.05, 4.69) is 4.98 Å². The van der Waals surface area contributed by atoms with Crippen molar-refractivity contribution in [1.82, 2.24) is 9.32 Å². The molecule has 0 saturated heterocycles. The highest BCUT2D eigenvalue weighted by molar-refractivity contribution is 7.60. The van der Waals surface area contributed by atoms with E-state index in [1.165, 1.54) is 24.3 Å². The van der Waals surface area contributed by atoms with E-state index in [-0.39, 0.29) is 18.0 Å². The minimum absolute atomic E-state index is 0.0798. The Hall–Kier alpha value is -3.35. The first-order valence-electron chi connectivity index (χ1n) is 9.01. The van der Waals surface area contributed by atoms with Gasteiger partial charge in [-0.25, -0.2) is 13.9 Å². The van der Waals surface area contributed by atoms with Crippen molar-refractivity contribution in [2.75, 3.05) is 4.67 Å². The normalized spacial score (nSPS) is 17.8. The molecule has 0 spiro atoms. The Morgan fingerprint density at radius 3 is 2.47 bits per heavy atom. The zero-order chi connectivity index (χ0) is 20.9. The van der Waals surface area contributed by atoms with Gasteiger partial charge >= 0.3 is 7.67 Å². The molecule has 0 amide bonds. The van der Waals surface area contributed by atoms with E-state index in [1.54, 1.807) is 33.3 Å². The summed E-state index contributed by atoms with van der Waals surface area (Å²) < 4.78 is 23.7. The fourth-order valence-corrected chi connectivity index (χ4v) is 6.20. The number of nitrogens with zero attached hydrogens (tertiary/aromatic N) is 4. The van der Waals surface area contributed by atoms with Gasteiger partial charge in [-0.15, -0.1) is 0 Å². The molecule has 1 atom stereocenters. The lowest BCUT2D eigenvalue weighted by molar-refractivity contribution is -0.384. The van der Waals surface area contributed by atoms with Gasteiger partial charge in [0.2, 0.25) is 0 Å². The van der Waals surface area contributed by atoms with Crippen LogP contribution in [0.15, 0.2) is 72.8 Å². The van der Waals surface area contributed by atoms with Crippen molar-refractivity contribution in [1.29, 1.82) is 0 Å². The predicted molar refractivity (Wildman–Crippen MR) is 114 cm³/mol. The number of hydrogen-bond acceptors (Lipinski definition) is 5.